The summed E-state index contributed by atoms with van der Waals surface area (Å²) in [6, 6.07) is 4.03. The molecule has 1 N–H and O–H groups in total. The van der Waals surface area contributed by atoms with E-state index in [0.29, 0.717) is 0 Å². The van der Waals surface area contributed by atoms with Crippen molar-refractivity contribution in [1.82, 2.24) is 10.3 Å². The summed E-state index contributed by atoms with van der Waals surface area (Å²) in [7, 11) is 0. The van der Waals surface area contributed by atoms with Crippen molar-refractivity contribution >= 4 is 12.0 Å². The van der Waals surface area contributed by atoms with Crippen LogP contribution in [0.1, 0.15) is 32.3 Å². The summed E-state index contributed by atoms with van der Waals surface area (Å²) in [5.74, 6) is -0.0439. The highest BCUT2D eigenvalue weighted by Gasteiger charge is 2.04. The van der Waals surface area contributed by atoms with E-state index in [1.807, 2.05) is 12.1 Å². The maximum absolute atomic E-state index is 11.5. The molecule has 0 spiro atoms. The topological polar surface area (TPSA) is 42.0 Å². The van der Waals surface area contributed by atoms with E-state index in [1.165, 1.54) is 0 Å². The molecule has 0 radical (unpaired) electrons. The minimum absolute atomic E-state index is 0.0439. The number of rotatable bonds is 5. The molecule has 3 nitrogen and oxygen atoms in total. The van der Waals surface area contributed by atoms with Crippen molar-refractivity contribution in [2.24, 2.45) is 0 Å². The molecule has 0 aromatic carbocycles. The molecular weight excluding hydrogens is 200 g/mol. The van der Waals surface area contributed by atoms with E-state index in [9.17, 15) is 4.79 Å². The summed E-state index contributed by atoms with van der Waals surface area (Å²) >= 11 is 0. The predicted molar refractivity (Wildman–Crippen MR) is 65.8 cm³/mol. The number of aromatic nitrogens is 1. The van der Waals surface area contributed by atoms with Crippen LogP contribution in [0.25, 0.3) is 6.08 Å². The molecule has 1 rings (SSSR count). The lowest BCUT2D eigenvalue weighted by molar-refractivity contribution is -0.117. The first kappa shape index (κ1) is 12.4. The third-order valence-electron chi connectivity index (χ3n) is 2.44. The number of carbonyl (C=O) groups excluding carboxylic acids is 1. The number of nitrogens with zero attached hydrogens (tertiary/aromatic N) is 1. The maximum Gasteiger partial charge on any atom is 0.244 e. The van der Waals surface area contributed by atoms with Crippen LogP contribution in [-0.2, 0) is 4.79 Å². The molecule has 0 aliphatic rings. The lowest BCUT2D eigenvalue weighted by Gasteiger charge is -2.12. The van der Waals surface area contributed by atoms with Crippen molar-refractivity contribution in [3.63, 3.8) is 0 Å². The van der Waals surface area contributed by atoms with Gasteiger partial charge in [-0.2, -0.15) is 0 Å². The summed E-state index contributed by atoms with van der Waals surface area (Å²) in [6.45, 7) is 4.14. The van der Waals surface area contributed by atoms with E-state index in [2.05, 4.69) is 24.1 Å². The van der Waals surface area contributed by atoms with E-state index < -0.39 is 0 Å². The Morgan fingerprint density at radius 1 is 1.50 bits per heavy atom. The Morgan fingerprint density at radius 2 is 2.25 bits per heavy atom. The van der Waals surface area contributed by atoms with E-state index in [4.69, 9.17) is 0 Å². The fourth-order valence-corrected chi connectivity index (χ4v) is 1.39. The van der Waals surface area contributed by atoms with Gasteiger partial charge >= 0.3 is 0 Å². The average molecular weight is 218 g/mol. The van der Waals surface area contributed by atoms with Crippen LogP contribution in [-0.4, -0.2) is 16.9 Å². The van der Waals surface area contributed by atoms with Crippen molar-refractivity contribution in [2.45, 2.75) is 32.7 Å². The van der Waals surface area contributed by atoms with Gasteiger partial charge in [-0.1, -0.05) is 19.9 Å². The van der Waals surface area contributed by atoms with E-state index in [0.717, 1.165) is 18.4 Å². The lowest BCUT2D eigenvalue weighted by Crippen LogP contribution is -2.32. The summed E-state index contributed by atoms with van der Waals surface area (Å²) in [4.78, 5) is 15.5. The van der Waals surface area contributed by atoms with Gasteiger partial charge in [-0.05, 0) is 30.5 Å². The molecule has 0 fully saturated rings. The number of carbonyl (C=O) groups is 1. The van der Waals surface area contributed by atoms with Gasteiger partial charge in [0.2, 0.25) is 5.91 Å². The normalized spacial score (nSPS) is 10.9. The van der Waals surface area contributed by atoms with E-state index in [-0.39, 0.29) is 11.9 Å². The molecule has 0 unspecified atom stereocenters. The van der Waals surface area contributed by atoms with Gasteiger partial charge in [0.1, 0.15) is 0 Å². The van der Waals surface area contributed by atoms with Crippen LogP contribution in [0.2, 0.25) is 0 Å². The Labute approximate surface area is 96.6 Å². The first-order valence-corrected chi connectivity index (χ1v) is 5.64. The Balaban J connectivity index is 2.48. The van der Waals surface area contributed by atoms with Crippen LogP contribution in [0.4, 0.5) is 0 Å². The molecule has 0 aliphatic heterocycles. The van der Waals surface area contributed by atoms with Gasteiger partial charge in [0, 0.05) is 24.5 Å². The number of amides is 1. The third kappa shape index (κ3) is 4.26. The fraction of sp³-hybridized carbons (Fsp3) is 0.385. The zero-order chi connectivity index (χ0) is 11.8. The number of pyridine rings is 1. The molecule has 3 heteroatoms. The Bertz CT molecular complexity index is 342. The van der Waals surface area contributed by atoms with Crippen LogP contribution in [0.3, 0.4) is 0 Å². The van der Waals surface area contributed by atoms with Crippen LogP contribution in [0.5, 0.6) is 0 Å². The van der Waals surface area contributed by atoms with Crippen LogP contribution in [0.15, 0.2) is 30.6 Å². The minimum atomic E-state index is -0.0439. The zero-order valence-corrected chi connectivity index (χ0v) is 9.81. The van der Waals surface area contributed by atoms with Crippen LogP contribution >= 0.6 is 0 Å². The summed E-state index contributed by atoms with van der Waals surface area (Å²) in [5, 5.41) is 2.94. The molecule has 86 valence electrons. The smallest absolute Gasteiger partial charge is 0.244 e. The van der Waals surface area contributed by atoms with Crippen LogP contribution < -0.4 is 5.32 Å². The molecule has 0 saturated heterocycles. The SMILES string of the molecule is CCC(CC)NC(=O)/C=C/c1cccnc1. The highest BCUT2D eigenvalue weighted by molar-refractivity contribution is 5.91. The minimum Gasteiger partial charge on any atom is -0.350 e. The summed E-state index contributed by atoms with van der Waals surface area (Å²) < 4.78 is 0. The van der Waals surface area contributed by atoms with Gasteiger partial charge in [-0.15, -0.1) is 0 Å². The highest BCUT2D eigenvalue weighted by Crippen LogP contribution is 1.99. The second kappa shape index (κ2) is 6.77. The molecule has 0 bridgehead atoms. The van der Waals surface area contributed by atoms with Crippen molar-refractivity contribution in [1.29, 1.82) is 0 Å². The second-order valence-corrected chi connectivity index (χ2v) is 3.64. The number of hydrogen-bond donors (Lipinski definition) is 1. The molecular formula is C13H18N2O. The molecule has 16 heavy (non-hydrogen) atoms. The quantitative estimate of drug-likeness (QED) is 0.771. The zero-order valence-electron chi connectivity index (χ0n) is 9.81. The standard InChI is InChI=1S/C13H18N2O/c1-3-12(4-2)15-13(16)8-7-11-6-5-9-14-10-11/h5-10,12H,3-4H2,1-2H3,(H,15,16)/b8-7+. The fourth-order valence-electron chi connectivity index (χ4n) is 1.39. The Hall–Kier alpha value is -1.64. The summed E-state index contributed by atoms with van der Waals surface area (Å²) in [5.41, 5.74) is 0.933. The van der Waals surface area contributed by atoms with Gasteiger partial charge < -0.3 is 5.32 Å². The van der Waals surface area contributed by atoms with Gasteiger partial charge in [0.05, 0.1) is 0 Å². The number of hydrogen-bond acceptors (Lipinski definition) is 2. The van der Waals surface area contributed by atoms with E-state index >= 15 is 0 Å². The average Bonchev–Trinajstić information content (AvgIpc) is 2.34. The first-order chi connectivity index (χ1) is 7.76. The maximum atomic E-state index is 11.5. The van der Waals surface area contributed by atoms with E-state index in [1.54, 1.807) is 24.5 Å². The molecule has 0 aliphatic carbocycles. The molecule has 0 atom stereocenters. The largest absolute Gasteiger partial charge is 0.350 e. The van der Waals surface area contributed by atoms with Gasteiger partial charge in [0.25, 0.3) is 0 Å². The second-order valence-electron chi connectivity index (χ2n) is 3.64. The molecule has 1 aromatic rings. The van der Waals surface area contributed by atoms with Crippen molar-refractivity contribution in [3.8, 4) is 0 Å². The molecule has 1 heterocycles. The molecule has 0 saturated carbocycles. The van der Waals surface area contributed by atoms with Crippen molar-refractivity contribution in [2.75, 3.05) is 0 Å². The Kier molecular flexibility index (Phi) is 5.26. The monoisotopic (exact) mass is 218 g/mol. The molecule has 1 amide bonds. The highest BCUT2D eigenvalue weighted by atomic mass is 16.1. The van der Waals surface area contributed by atoms with Crippen LogP contribution in [0, 0.1) is 0 Å². The summed E-state index contributed by atoms with van der Waals surface area (Å²) in [6.07, 6.45) is 8.68. The third-order valence-corrected chi connectivity index (χ3v) is 2.44. The van der Waals surface area contributed by atoms with Gasteiger partial charge in [-0.3, -0.25) is 9.78 Å². The van der Waals surface area contributed by atoms with Gasteiger partial charge in [-0.25, -0.2) is 0 Å². The lowest BCUT2D eigenvalue weighted by atomic mass is 10.1. The number of nitrogens with one attached hydrogen (secondary N) is 1. The van der Waals surface area contributed by atoms with Crippen molar-refractivity contribution < 1.29 is 4.79 Å². The predicted octanol–water partition coefficient (Wildman–Crippen LogP) is 2.40. The Morgan fingerprint density at radius 3 is 2.81 bits per heavy atom. The van der Waals surface area contributed by atoms with Gasteiger partial charge in [0.15, 0.2) is 0 Å². The first-order valence-electron chi connectivity index (χ1n) is 5.64. The van der Waals surface area contributed by atoms with Crippen molar-refractivity contribution in [3.05, 3.63) is 36.2 Å². The molecule has 1 aromatic heterocycles.